The van der Waals surface area contributed by atoms with Crippen molar-refractivity contribution in [2.75, 3.05) is 43.8 Å². The number of likely N-dealkylation sites (N-methyl/N-ethyl adjacent to an activating group) is 1. The zero-order chi connectivity index (χ0) is 13.0. The molecule has 1 unspecified atom stereocenters. The van der Waals surface area contributed by atoms with Gasteiger partial charge in [0, 0.05) is 19.6 Å². The molecule has 1 saturated heterocycles. The predicted molar refractivity (Wildman–Crippen MR) is 74.0 cm³/mol. The Bertz CT molecular complexity index is 402. The molecule has 1 aliphatic heterocycles. The summed E-state index contributed by atoms with van der Waals surface area (Å²) in [7, 11) is 0. The molecule has 6 heteroatoms. The summed E-state index contributed by atoms with van der Waals surface area (Å²) in [4.78, 5) is 6.52. The van der Waals surface area contributed by atoms with Crippen LogP contribution in [0, 0.1) is 0 Å². The summed E-state index contributed by atoms with van der Waals surface area (Å²) in [6, 6.07) is 3.43. The number of morpholine rings is 1. The van der Waals surface area contributed by atoms with Crippen LogP contribution in [0.5, 0.6) is 0 Å². The van der Waals surface area contributed by atoms with Gasteiger partial charge in [0.25, 0.3) is 0 Å². The maximum absolute atomic E-state index is 5.84. The maximum Gasteiger partial charge on any atom is 0.151 e. The number of ether oxygens (including phenoxy) is 1. The van der Waals surface area contributed by atoms with Crippen molar-refractivity contribution in [1.82, 2.24) is 9.88 Å². The number of nitrogen functional groups attached to an aromatic ring is 1. The summed E-state index contributed by atoms with van der Waals surface area (Å²) in [5.74, 6) is 0.625. The monoisotopic (exact) mass is 270 g/mol. The molecule has 1 aliphatic rings. The van der Waals surface area contributed by atoms with Crippen molar-refractivity contribution >= 4 is 23.1 Å². The number of pyridine rings is 1. The molecule has 0 amide bonds. The number of halogens is 1. The third kappa shape index (κ3) is 3.48. The number of nitrogens with two attached hydrogens (primary N) is 1. The van der Waals surface area contributed by atoms with E-state index in [1.54, 1.807) is 12.1 Å². The molecule has 5 nitrogen and oxygen atoms in total. The molecule has 3 N–H and O–H groups in total. The predicted octanol–water partition coefficient (Wildman–Crippen LogP) is 1.45. The summed E-state index contributed by atoms with van der Waals surface area (Å²) in [6.45, 7) is 6.62. The lowest BCUT2D eigenvalue weighted by atomic mass is 10.2. The largest absolute Gasteiger partial charge is 0.396 e. The van der Waals surface area contributed by atoms with Crippen LogP contribution in [0.3, 0.4) is 0 Å². The molecule has 2 heterocycles. The molecular weight excluding hydrogens is 252 g/mol. The van der Waals surface area contributed by atoms with Gasteiger partial charge in [0.1, 0.15) is 5.15 Å². The molecule has 100 valence electrons. The molecule has 0 spiro atoms. The Labute approximate surface area is 112 Å². The van der Waals surface area contributed by atoms with Gasteiger partial charge in [-0.2, -0.15) is 0 Å². The Morgan fingerprint density at radius 3 is 3.22 bits per heavy atom. The standard InChI is InChI=1S/C12H19ClN4O/c1-2-17-5-6-18-9(8-17)7-15-12-10(14)3-4-11(13)16-12/h3-4,9H,2,5-8,14H2,1H3,(H,15,16). The van der Waals surface area contributed by atoms with E-state index in [0.717, 1.165) is 26.2 Å². The van der Waals surface area contributed by atoms with Crippen molar-refractivity contribution in [1.29, 1.82) is 0 Å². The lowest BCUT2D eigenvalue weighted by molar-refractivity contribution is -0.0192. The SMILES string of the molecule is CCN1CCOC(CNc2nc(Cl)ccc2N)C1. The van der Waals surface area contributed by atoms with E-state index >= 15 is 0 Å². The second-order valence-electron chi connectivity index (χ2n) is 4.34. The van der Waals surface area contributed by atoms with Gasteiger partial charge in [0.2, 0.25) is 0 Å². The van der Waals surface area contributed by atoms with Crippen LogP contribution in [0.1, 0.15) is 6.92 Å². The number of rotatable bonds is 4. The van der Waals surface area contributed by atoms with Crippen LogP contribution >= 0.6 is 11.6 Å². The second-order valence-corrected chi connectivity index (χ2v) is 4.73. The molecule has 18 heavy (non-hydrogen) atoms. The van der Waals surface area contributed by atoms with Crippen LogP contribution in [-0.4, -0.2) is 48.8 Å². The van der Waals surface area contributed by atoms with Gasteiger partial charge in [-0.15, -0.1) is 0 Å². The molecule has 1 aromatic rings. The zero-order valence-corrected chi connectivity index (χ0v) is 11.3. The maximum atomic E-state index is 5.84. The van der Waals surface area contributed by atoms with Gasteiger partial charge in [0.15, 0.2) is 5.82 Å². The van der Waals surface area contributed by atoms with Crippen LogP contribution in [-0.2, 0) is 4.74 Å². The highest BCUT2D eigenvalue weighted by Crippen LogP contribution is 2.18. The quantitative estimate of drug-likeness (QED) is 0.811. The number of nitrogens with one attached hydrogen (secondary N) is 1. The van der Waals surface area contributed by atoms with E-state index in [1.165, 1.54) is 0 Å². The second kappa shape index (κ2) is 6.22. The molecule has 0 saturated carbocycles. The first-order valence-electron chi connectivity index (χ1n) is 6.19. The Hall–Kier alpha value is -1.04. The number of hydrogen-bond donors (Lipinski definition) is 2. The van der Waals surface area contributed by atoms with E-state index in [4.69, 9.17) is 22.1 Å². The highest BCUT2D eigenvalue weighted by molar-refractivity contribution is 6.29. The molecule has 1 aromatic heterocycles. The smallest absolute Gasteiger partial charge is 0.151 e. The first kappa shape index (κ1) is 13.4. The molecule has 1 atom stereocenters. The Kier molecular flexibility index (Phi) is 4.63. The Morgan fingerprint density at radius 2 is 2.44 bits per heavy atom. The summed E-state index contributed by atoms with van der Waals surface area (Å²) in [6.07, 6.45) is 0.166. The first-order chi connectivity index (χ1) is 8.69. The van der Waals surface area contributed by atoms with Crippen LogP contribution in [0.15, 0.2) is 12.1 Å². The third-order valence-corrected chi connectivity index (χ3v) is 3.27. The van der Waals surface area contributed by atoms with Crippen molar-refractivity contribution in [3.63, 3.8) is 0 Å². The number of hydrogen-bond acceptors (Lipinski definition) is 5. The first-order valence-corrected chi connectivity index (χ1v) is 6.56. The fourth-order valence-corrected chi connectivity index (χ4v) is 2.14. The molecular formula is C12H19ClN4O. The molecule has 2 rings (SSSR count). The lowest BCUT2D eigenvalue weighted by Gasteiger charge is -2.32. The highest BCUT2D eigenvalue weighted by atomic mass is 35.5. The van der Waals surface area contributed by atoms with Crippen molar-refractivity contribution in [2.45, 2.75) is 13.0 Å². The fourth-order valence-electron chi connectivity index (χ4n) is 1.99. The molecule has 0 bridgehead atoms. The molecule has 0 aromatic carbocycles. The van der Waals surface area contributed by atoms with Crippen LogP contribution < -0.4 is 11.1 Å². The molecule has 0 aliphatic carbocycles. The average Bonchev–Trinajstić information content (AvgIpc) is 2.40. The van der Waals surface area contributed by atoms with E-state index < -0.39 is 0 Å². The normalized spacial score (nSPS) is 20.9. The minimum atomic E-state index is 0.166. The molecule has 1 fully saturated rings. The summed E-state index contributed by atoms with van der Waals surface area (Å²) >= 11 is 5.84. The van der Waals surface area contributed by atoms with E-state index in [1.807, 2.05) is 0 Å². The Morgan fingerprint density at radius 1 is 1.61 bits per heavy atom. The minimum absolute atomic E-state index is 0.166. The van der Waals surface area contributed by atoms with Crippen molar-refractivity contribution < 1.29 is 4.74 Å². The van der Waals surface area contributed by atoms with Gasteiger partial charge < -0.3 is 15.8 Å². The topological polar surface area (TPSA) is 63.4 Å². The van der Waals surface area contributed by atoms with Gasteiger partial charge in [-0.25, -0.2) is 4.98 Å². The number of aromatic nitrogens is 1. The van der Waals surface area contributed by atoms with Gasteiger partial charge in [-0.1, -0.05) is 18.5 Å². The van der Waals surface area contributed by atoms with Crippen molar-refractivity contribution in [3.8, 4) is 0 Å². The summed E-state index contributed by atoms with van der Waals surface area (Å²) < 4.78 is 5.70. The summed E-state index contributed by atoms with van der Waals surface area (Å²) in [5.41, 5.74) is 6.42. The van der Waals surface area contributed by atoms with E-state index in [9.17, 15) is 0 Å². The van der Waals surface area contributed by atoms with Crippen LogP contribution in [0.4, 0.5) is 11.5 Å². The average molecular weight is 271 g/mol. The van der Waals surface area contributed by atoms with E-state index in [2.05, 4.69) is 22.1 Å². The van der Waals surface area contributed by atoms with E-state index in [0.29, 0.717) is 23.2 Å². The third-order valence-electron chi connectivity index (χ3n) is 3.06. The van der Waals surface area contributed by atoms with Gasteiger partial charge >= 0.3 is 0 Å². The van der Waals surface area contributed by atoms with Gasteiger partial charge in [-0.3, -0.25) is 4.90 Å². The highest BCUT2D eigenvalue weighted by Gasteiger charge is 2.19. The zero-order valence-electron chi connectivity index (χ0n) is 10.5. The van der Waals surface area contributed by atoms with Crippen molar-refractivity contribution in [2.24, 2.45) is 0 Å². The minimum Gasteiger partial charge on any atom is -0.396 e. The lowest BCUT2D eigenvalue weighted by Crippen LogP contribution is -2.45. The number of nitrogens with zero attached hydrogens (tertiary/aromatic N) is 2. The Balaban J connectivity index is 1.89. The van der Waals surface area contributed by atoms with Crippen molar-refractivity contribution in [3.05, 3.63) is 17.3 Å². The van der Waals surface area contributed by atoms with E-state index in [-0.39, 0.29) is 6.10 Å². The summed E-state index contributed by atoms with van der Waals surface area (Å²) in [5, 5.41) is 3.63. The van der Waals surface area contributed by atoms with Gasteiger partial charge in [-0.05, 0) is 18.7 Å². The van der Waals surface area contributed by atoms with Crippen LogP contribution in [0.2, 0.25) is 5.15 Å². The van der Waals surface area contributed by atoms with Crippen LogP contribution in [0.25, 0.3) is 0 Å². The van der Waals surface area contributed by atoms with Gasteiger partial charge in [0.05, 0.1) is 18.4 Å². The molecule has 0 radical (unpaired) electrons. The fraction of sp³-hybridized carbons (Fsp3) is 0.583. The number of anilines is 2.